The zero-order chi connectivity index (χ0) is 17.1. The zero-order valence-electron chi connectivity index (χ0n) is 12.9. The summed E-state index contributed by atoms with van der Waals surface area (Å²) in [4.78, 5) is 20.9. The van der Waals surface area contributed by atoms with E-state index in [4.69, 9.17) is 14.6 Å². The van der Waals surface area contributed by atoms with E-state index in [-0.39, 0.29) is 33.4 Å². The third-order valence-electron chi connectivity index (χ3n) is 3.22. The molecule has 10 N–H and O–H groups in total. The van der Waals surface area contributed by atoms with Crippen LogP contribution in [0.5, 0.6) is 0 Å². The Kier molecular flexibility index (Phi) is 13.7. The molecule has 12 nitrogen and oxygen atoms in total. The summed E-state index contributed by atoms with van der Waals surface area (Å²) < 4.78 is 23.2. The molecule has 5 atom stereocenters. The van der Waals surface area contributed by atoms with Gasteiger partial charge in [0.2, 0.25) is 0 Å². The fourth-order valence-electron chi connectivity index (χ4n) is 1.81. The number of ether oxygens (including phenoxy) is 2. The van der Waals surface area contributed by atoms with Crippen molar-refractivity contribution in [3.05, 3.63) is 0 Å². The van der Waals surface area contributed by atoms with Crippen molar-refractivity contribution in [2.24, 2.45) is 0 Å². The maximum absolute atomic E-state index is 13.5. The summed E-state index contributed by atoms with van der Waals surface area (Å²) in [6.45, 7) is -1.57. The molecular formula is C11H21FN2O10Pt. The van der Waals surface area contributed by atoms with Crippen molar-refractivity contribution in [2.75, 3.05) is 13.2 Å². The molecule has 1 rings (SSSR count). The smallest absolute Gasteiger partial charge is 0.546 e. The zero-order valence-corrected chi connectivity index (χ0v) is 15.1. The van der Waals surface area contributed by atoms with Gasteiger partial charge in [0.05, 0.1) is 25.2 Å². The fraction of sp³-hybridized carbons (Fsp3) is 0.818. The average molecular weight is 555 g/mol. The second kappa shape index (κ2) is 11.8. The molecule has 0 radical (unpaired) electrons. The molecule has 0 bridgehead atoms. The minimum absolute atomic E-state index is 0. The predicted octanol–water partition coefficient (Wildman–Crippen LogP) is -5.28. The van der Waals surface area contributed by atoms with Crippen molar-refractivity contribution in [2.45, 2.75) is 42.8 Å². The molecule has 1 unspecified atom stereocenters. The van der Waals surface area contributed by atoms with Crippen LogP contribution in [0.15, 0.2) is 0 Å². The number of carbonyl (C=O) groups is 2. The Morgan fingerprint density at radius 1 is 1.08 bits per heavy atom. The number of aliphatic hydroxyl groups is 4. The number of hydrogen-bond donors (Lipinski definition) is 6. The van der Waals surface area contributed by atoms with Crippen LogP contribution >= 0.6 is 0 Å². The van der Waals surface area contributed by atoms with Crippen molar-refractivity contribution < 1.29 is 75.2 Å². The molecule has 1 fully saturated rings. The number of aliphatic carboxylic acids is 2. The number of alkyl halides is 1. The molecule has 1 heterocycles. The molecule has 1 saturated heterocycles. The van der Waals surface area contributed by atoms with Gasteiger partial charge in [-0.3, -0.25) is 0 Å². The van der Waals surface area contributed by atoms with Crippen molar-refractivity contribution in [3.63, 3.8) is 0 Å². The SMILES string of the molecule is N.N.O=C([O-])C(F)(CCOC1O[C@H](CO)[C@H](O)[C@H](O)[C@H]1O)C(=O)[O-].[Pt+2]. The number of carboxylic acid groups (broad SMARTS) is 2. The molecule has 0 aromatic carbocycles. The first-order valence-electron chi connectivity index (χ1n) is 6.19. The van der Waals surface area contributed by atoms with Gasteiger partial charge in [-0.05, 0) is 0 Å². The molecule has 152 valence electrons. The monoisotopic (exact) mass is 555 g/mol. The number of hydrogen-bond acceptors (Lipinski definition) is 12. The Balaban J connectivity index is -0.00000161. The largest absolute Gasteiger partial charge is 2.00 e. The van der Waals surface area contributed by atoms with Crippen LogP contribution in [0.4, 0.5) is 4.39 Å². The minimum atomic E-state index is -3.80. The van der Waals surface area contributed by atoms with Crippen LogP contribution in [0.25, 0.3) is 0 Å². The van der Waals surface area contributed by atoms with E-state index < -0.39 is 67.9 Å². The van der Waals surface area contributed by atoms with Crippen LogP contribution in [0.1, 0.15) is 6.42 Å². The predicted molar refractivity (Wildman–Crippen MR) is 68.2 cm³/mol. The molecule has 1 aliphatic heterocycles. The molecular weight excluding hydrogens is 534 g/mol. The van der Waals surface area contributed by atoms with Gasteiger partial charge in [0.15, 0.2) is 12.0 Å². The van der Waals surface area contributed by atoms with Crippen LogP contribution in [0, 0.1) is 0 Å². The van der Waals surface area contributed by atoms with Gasteiger partial charge in [-0.25, -0.2) is 4.39 Å². The number of halogens is 1. The van der Waals surface area contributed by atoms with Gasteiger partial charge in [0, 0.05) is 6.42 Å². The number of carbonyl (C=O) groups excluding carboxylic acids is 2. The van der Waals surface area contributed by atoms with Gasteiger partial charge >= 0.3 is 21.1 Å². The van der Waals surface area contributed by atoms with Crippen LogP contribution in [0.3, 0.4) is 0 Å². The van der Waals surface area contributed by atoms with Crippen LogP contribution in [-0.2, 0) is 40.1 Å². The Bertz CT molecular complexity index is 416. The first kappa shape index (κ1) is 29.0. The first-order valence-corrected chi connectivity index (χ1v) is 6.19. The minimum Gasteiger partial charge on any atom is -0.546 e. The van der Waals surface area contributed by atoms with Crippen molar-refractivity contribution in [1.82, 2.24) is 12.3 Å². The number of rotatable bonds is 7. The standard InChI is InChI=1S/C11H17FO10.2H3N.Pt/c12-11(9(17)18,10(19)20)1-2-21-8-7(16)6(15)5(14)4(3-13)22-8;;;/h4-8,13-16H,1-3H2,(H,17,18)(H,19,20);2*1H3;/q;;;+2/p-2/t4-,5+,6+,7-,8?;;;/m1.../s1. The van der Waals surface area contributed by atoms with E-state index in [9.17, 15) is 39.5 Å². The number of carboxylic acids is 2. The van der Waals surface area contributed by atoms with E-state index in [0.717, 1.165) is 0 Å². The van der Waals surface area contributed by atoms with Gasteiger partial charge in [0.1, 0.15) is 24.4 Å². The summed E-state index contributed by atoms with van der Waals surface area (Å²) in [5, 5.41) is 58.3. The van der Waals surface area contributed by atoms with Gasteiger partial charge in [-0.15, -0.1) is 0 Å². The summed E-state index contributed by atoms with van der Waals surface area (Å²) in [5.41, 5.74) is -3.80. The molecule has 0 aliphatic carbocycles. The maximum atomic E-state index is 13.5. The van der Waals surface area contributed by atoms with Gasteiger partial charge < -0.3 is 62.0 Å². The Hall–Kier alpha value is -0.762. The van der Waals surface area contributed by atoms with Crippen molar-refractivity contribution >= 4 is 11.9 Å². The van der Waals surface area contributed by atoms with Gasteiger partial charge in [-0.2, -0.15) is 0 Å². The van der Waals surface area contributed by atoms with Crippen LogP contribution in [0.2, 0.25) is 0 Å². The molecule has 1 aliphatic rings. The quantitative estimate of drug-likeness (QED) is 0.161. The molecule has 0 aromatic rings. The molecule has 14 heteroatoms. The summed E-state index contributed by atoms with van der Waals surface area (Å²) in [7, 11) is 0. The van der Waals surface area contributed by atoms with Crippen LogP contribution < -0.4 is 22.5 Å². The van der Waals surface area contributed by atoms with Crippen molar-refractivity contribution in [3.8, 4) is 0 Å². The normalized spacial score (nSPS) is 28.8. The summed E-state index contributed by atoms with van der Waals surface area (Å²) in [6, 6.07) is 0. The summed E-state index contributed by atoms with van der Waals surface area (Å²) in [6.07, 6.45) is -9.27. The fourth-order valence-corrected chi connectivity index (χ4v) is 1.81. The molecule has 25 heavy (non-hydrogen) atoms. The Morgan fingerprint density at radius 2 is 1.56 bits per heavy atom. The maximum Gasteiger partial charge on any atom is 2.00 e. The number of aliphatic hydroxyl groups excluding tert-OH is 4. The topological polar surface area (TPSA) is 250 Å². The summed E-state index contributed by atoms with van der Waals surface area (Å²) in [5.74, 6) is -5.05. The van der Waals surface area contributed by atoms with Crippen molar-refractivity contribution in [1.29, 1.82) is 0 Å². The van der Waals surface area contributed by atoms with Gasteiger partial charge in [-0.1, -0.05) is 0 Å². The third kappa shape index (κ3) is 6.47. The molecule has 0 amide bonds. The molecule has 0 aromatic heterocycles. The van der Waals surface area contributed by atoms with E-state index >= 15 is 0 Å². The third-order valence-corrected chi connectivity index (χ3v) is 3.22. The average Bonchev–Trinajstić information content (AvgIpc) is 2.46. The second-order valence-electron chi connectivity index (χ2n) is 4.69. The van der Waals surface area contributed by atoms with Crippen LogP contribution in [-0.4, -0.2) is 82.0 Å². The van der Waals surface area contributed by atoms with E-state index in [1.807, 2.05) is 0 Å². The first-order chi connectivity index (χ1) is 10.1. The second-order valence-corrected chi connectivity index (χ2v) is 4.69. The Morgan fingerprint density at radius 3 is 1.96 bits per heavy atom. The van der Waals surface area contributed by atoms with Gasteiger partial charge in [0.25, 0.3) is 0 Å². The van der Waals surface area contributed by atoms with E-state index in [1.165, 1.54) is 0 Å². The molecule has 0 spiro atoms. The van der Waals surface area contributed by atoms with E-state index in [1.54, 1.807) is 0 Å². The van der Waals surface area contributed by atoms with E-state index in [0.29, 0.717) is 0 Å². The summed E-state index contributed by atoms with van der Waals surface area (Å²) >= 11 is 0. The molecule has 0 saturated carbocycles. The Labute approximate surface area is 156 Å². The van der Waals surface area contributed by atoms with E-state index in [2.05, 4.69) is 0 Å².